The molecule has 2 aromatic heterocycles. The highest BCUT2D eigenvalue weighted by Crippen LogP contribution is 2.19. The van der Waals surface area contributed by atoms with Crippen molar-refractivity contribution in [3.63, 3.8) is 0 Å². The van der Waals surface area contributed by atoms with E-state index in [4.69, 9.17) is 4.42 Å². The Kier molecular flexibility index (Phi) is 7.18. The Balaban J connectivity index is 1.85. The van der Waals surface area contributed by atoms with Crippen molar-refractivity contribution in [2.45, 2.75) is 38.4 Å². The largest absolute Gasteiger partial charge is 0.444 e. The lowest BCUT2D eigenvalue weighted by molar-refractivity contribution is 0.473. The van der Waals surface area contributed by atoms with Crippen molar-refractivity contribution in [1.82, 2.24) is 20.3 Å². The number of sulfonamides is 1. The Bertz CT molecular complexity index is 836. The molecular formula is C16H25N5O3S2. The van der Waals surface area contributed by atoms with Gasteiger partial charge in [-0.2, -0.15) is 0 Å². The molecule has 144 valence electrons. The van der Waals surface area contributed by atoms with E-state index in [-0.39, 0.29) is 6.54 Å². The van der Waals surface area contributed by atoms with Crippen molar-refractivity contribution < 1.29 is 12.8 Å². The summed E-state index contributed by atoms with van der Waals surface area (Å²) < 4.78 is 32.7. The van der Waals surface area contributed by atoms with Crippen LogP contribution < -0.4 is 15.4 Å². The topological polar surface area (TPSA) is 109 Å². The summed E-state index contributed by atoms with van der Waals surface area (Å²) in [6, 6.07) is 3.40. The fourth-order valence-electron chi connectivity index (χ4n) is 2.09. The van der Waals surface area contributed by atoms with Gasteiger partial charge in [0, 0.05) is 24.5 Å². The van der Waals surface area contributed by atoms with Gasteiger partial charge in [-0.15, -0.1) is 11.3 Å². The minimum atomic E-state index is -3.46. The smallest absolute Gasteiger partial charge is 0.250 e. The fourth-order valence-corrected chi connectivity index (χ4v) is 4.45. The number of nitrogens with zero attached hydrogens (tertiary/aromatic N) is 2. The quantitative estimate of drug-likeness (QED) is 0.354. The lowest BCUT2D eigenvalue weighted by Crippen LogP contribution is -2.41. The van der Waals surface area contributed by atoms with E-state index in [2.05, 4.69) is 25.3 Å². The molecule has 10 heteroatoms. The first-order chi connectivity index (χ1) is 12.3. The maximum Gasteiger partial charge on any atom is 0.250 e. The van der Waals surface area contributed by atoms with E-state index in [0.717, 1.165) is 16.3 Å². The van der Waals surface area contributed by atoms with Gasteiger partial charge in [-0.3, -0.25) is 0 Å². The summed E-state index contributed by atoms with van der Waals surface area (Å²) in [5.41, 5.74) is 0.853. The summed E-state index contributed by atoms with van der Waals surface area (Å²) >= 11 is 1.25. The van der Waals surface area contributed by atoms with E-state index in [9.17, 15) is 8.42 Å². The van der Waals surface area contributed by atoms with Gasteiger partial charge in [-0.05, 0) is 39.8 Å². The number of hydrogen-bond acceptors (Lipinski definition) is 6. The van der Waals surface area contributed by atoms with Crippen LogP contribution in [-0.2, 0) is 16.6 Å². The average molecular weight is 400 g/mol. The van der Waals surface area contributed by atoms with Crippen molar-refractivity contribution in [3.05, 3.63) is 34.4 Å². The van der Waals surface area contributed by atoms with Crippen LogP contribution in [0.25, 0.3) is 0 Å². The molecule has 2 heterocycles. The van der Waals surface area contributed by atoms with Gasteiger partial charge in [-0.25, -0.2) is 23.1 Å². The minimum absolute atomic E-state index is 0.251. The molecule has 3 N–H and O–H groups in total. The van der Waals surface area contributed by atoms with Gasteiger partial charge in [0.2, 0.25) is 15.9 Å². The van der Waals surface area contributed by atoms with Crippen LogP contribution in [0.15, 0.2) is 25.8 Å². The lowest BCUT2D eigenvalue weighted by Gasteiger charge is -2.11. The van der Waals surface area contributed by atoms with Crippen molar-refractivity contribution in [2.75, 3.05) is 19.6 Å². The molecular weight excluding hydrogens is 374 g/mol. The van der Waals surface area contributed by atoms with Gasteiger partial charge in [0.15, 0.2) is 5.96 Å². The van der Waals surface area contributed by atoms with Gasteiger partial charge < -0.3 is 15.1 Å². The van der Waals surface area contributed by atoms with Gasteiger partial charge in [0.05, 0.1) is 5.69 Å². The maximum absolute atomic E-state index is 12.2. The van der Waals surface area contributed by atoms with Crippen LogP contribution in [0.2, 0.25) is 0 Å². The van der Waals surface area contributed by atoms with Crippen molar-refractivity contribution >= 4 is 27.3 Å². The number of aliphatic imine (C=N–C) groups is 1. The van der Waals surface area contributed by atoms with Crippen LogP contribution in [-0.4, -0.2) is 39.0 Å². The van der Waals surface area contributed by atoms with E-state index in [1.807, 2.05) is 27.7 Å². The molecule has 0 saturated carbocycles. The molecule has 8 nitrogen and oxygen atoms in total. The number of aryl methyl sites for hydroxylation is 3. The second kappa shape index (κ2) is 9.15. The Morgan fingerprint density at radius 3 is 2.58 bits per heavy atom. The molecule has 0 unspecified atom stereocenters. The first-order valence-electron chi connectivity index (χ1n) is 8.33. The first kappa shape index (κ1) is 20.4. The van der Waals surface area contributed by atoms with E-state index < -0.39 is 10.0 Å². The highest BCUT2D eigenvalue weighted by molar-refractivity contribution is 7.91. The molecule has 0 atom stereocenters. The Morgan fingerprint density at radius 1 is 1.23 bits per heavy atom. The number of nitrogens with one attached hydrogen (secondary N) is 3. The molecule has 0 aliphatic heterocycles. The summed E-state index contributed by atoms with van der Waals surface area (Å²) in [5.74, 6) is 1.91. The van der Waals surface area contributed by atoms with Gasteiger partial charge >= 0.3 is 0 Å². The Hall–Kier alpha value is -1.91. The molecule has 0 bridgehead atoms. The van der Waals surface area contributed by atoms with E-state index in [1.54, 1.807) is 12.1 Å². The van der Waals surface area contributed by atoms with Crippen LogP contribution in [0.3, 0.4) is 0 Å². The monoisotopic (exact) mass is 399 g/mol. The lowest BCUT2D eigenvalue weighted by atomic mass is 10.4. The molecule has 0 aliphatic rings. The van der Waals surface area contributed by atoms with Crippen LogP contribution in [0.5, 0.6) is 0 Å². The number of aromatic nitrogens is 1. The van der Waals surface area contributed by atoms with Crippen LogP contribution in [0, 0.1) is 20.8 Å². The molecule has 0 saturated heterocycles. The van der Waals surface area contributed by atoms with Crippen molar-refractivity contribution in [2.24, 2.45) is 4.99 Å². The molecule has 0 radical (unpaired) electrons. The zero-order valence-electron chi connectivity index (χ0n) is 15.4. The van der Waals surface area contributed by atoms with Crippen molar-refractivity contribution in [3.8, 4) is 0 Å². The molecule has 26 heavy (non-hydrogen) atoms. The highest BCUT2D eigenvalue weighted by atomic mass is 32.2. The summed E-state index contributed by atoms with van der Waals surface area (Å²) in [5, 5.41) is 6.19. The summed E-state index contributed by atoms with van der Waals surface area (Å²) in [6.45, 7) is 9.23. The van der Waals surface area contributed by atoms with Crippen LogP contribution >= 0.6 is 11.3 Å². The number of rotatable bonds is 8. The number of thiophene rings is 1. The number of guanidine groups is 1. The van der Waals surface area contributed by atoms with Gasteiger partial charge in [0.25, 0.3) is 0 Å². The SMILES string of the molecule is CCNC(=NCc1nc(C)c(C)o1)NCCNS(=O)(=O)c1ccc(C)s1. The third-order valence-corrected chi connectivity index (χ3v) is 6.43. The molecule has 2 rings (SSSR count). The maximum atomic E-state index is 12.2. The van der Waals surface area contributed by atoms with E-state index >= 15 is 0 Å². The molecule has 2 aromatic rings. The fraction of sp³-hybridized carbons (Fsp3) is 0.500. The second-order valence-electron chi connectivity index (χ2n) is 5.63. The number of oxazole rings is 1. The number of hydrogen-bond donors (Lipinski definition) is 3. The zero-order chi connectivity index (χ0) is 19.2. The van der Waals surface area contributed by atoms with E-state index in [0.29, 0.717) is 35.7 Å². The first-order valence-corrected chi connectivity index (χ1v) is 10.6. The van der Waals surface area contributed by atoms with Crippen LogP contribution in [0.4, 0.5) is 0 Å². The van der Waals surface area contributed by atoms with Crippen molar-refractivity contribution in [1.29, 1.82) is 0 Å². The molecule has 0 fully saturated rings. The van der Waals surface area contributed by atoms with Crippen LogP contribution in [0.1, 0.15) is 29.1 Å². The van der Waals surface area contributed by atoms with Gasteiger partial charge in [-0.1, -0.05) is 0 Å². The highest BCUT2D eigenvalue weighted by Gasteiger charge is 2.15. The second-order valence-corrected chi connectivity index (χ2v) is 8.92. The zero-order valence-corrected chi connectivity index (χ0v) is 17.1. The van der Waals surface area contributed by atoms with Gasteiger partial charge in [0.1, 0.15) is 16.5 Å². The third-order valence-electron chi connectivity index (χ3n) is 3.48. The Morgan fingerprint density at radius 2 is 2.00 bits per heavy atom. The minimum Gasteiger partial charge on any atom is -0.444 e. The summed E-state index contributed by atoms with van der Waals surface area (Å²) in [4.78, 5) is 9.64. The Labute approximate surface area is 158 Å². The summed E-state index contributed by atoms with van der Waals surface area (Å²) in [6.07, 6.45) is 0. The predicted molar refractivity (Wildman–Crippen MR) is 103 cm³/mol. The molecule has 0 spiro atoms. The predicted octanol–water partition coefficient (Wildman–Crippen LogP) is 1.69. The average Bonchev–Trinajstić information content (AvgIpc) is 3.15. The molecule has 0 amide bonds. The molecule has 0 aromatic carbocycles. The third kappa shape index (κ3) is 5.82. The van der Waals surface area contributed by atoms with E-state index in [1.165, 1.54) is 11.3 Å². The molecule has 0 aliphatic carbocycles. The standard InChI is InChI=1S/C16H25N5O3S2/c1-5-17-16(19-10-14-21-12(3)13(4)24-14)18-8-9-20-26(22,23)15-7-6-11(2)25-15/h6-7,20H,5,8-10H2,1-4H3,(H2,17,18,19). The summed E-state index contributed by atoms with van der Waals surface area (Å²) in [7, 11) is -3.46. The normalized spacial score (nSPS) is 12.4.